The Balaban J connectivity index is 2.62. The Labute approximate surface area is 94.0 Å². The minimum Gasteiger partial charge on any atom is -0.293 e. The fraction of sp³-hybridized carbons (Fsp3) is 0.500. The van der Waals surface area contributed by atoms with E-state index in [-0.39, 0.29) is 18.0 Å². The molecule has 0 aromatic carbocycles. The normalized spacial score (nSPS) is 11.6. The van der Waals surface area contributed by atoms with Gasteiger partial charge in [0.15, 0.2) is 5.78 Å². The Hall–Kier alpha value is -0.680. The van der Waals surface area contributed by atoms with Crippen LogP contribution in [-0.4, -0.2) is 26.2 Å². The molecule has 0 spiro atoms. The summed E-state index contributed by atoms with van der Waals surface area (Å²) >= 11 is 1.45. The summed E-state index contributed by atoms with van der Waals surface area (Å²) in [6, 6.07) is 3.69. The highest BCUT2D eigenvalue weighted by atomic mass is 32.2. The first-order valence-electron chi connectivity index (χ1n) is 4.72. The maximum Gasteiger partial charge on any atom is 0.173 e. The molecule has 0 atom stereocenters. The Morgan fingerprint density at radius 3 is 2.53 bits per heavy atom. The molecule has 0 aliphatic rings. The number of carbonyl (C=O) groups excluding carboxylic acids is 1. The van der Waals surface area contributed by atoms with Crippen molar-refractivity contribution >= 4 is 27.0 Å². The van der Waals surface area contributed by atoms with Crippen LogP contribution in [0, 0.1) is 0 Å². The van der Waals surface area contributed by atoms with Crippen LogP contribution in [0.4, 0.5) is 0 Å². The van der Waals surface area contributed by atoms with Crippen molar-refractivity contribution in [3.05, 3.63) is 21.9 Å². The Kier molecular flexibility index (Phi) is 4.04. The summed E-state index contributed by atoms with van der Waals surface area (Å²) in [4.78, 5) is 13.4. The average Bonchev–Trinajstić information content (AvgIpc) is 2.61. The topological polar surface area (TPSA) is 51.2 Å². The van der Waals surface area contributed by atoms with E-state index in [0.29, 0.717) is 4.88 Å². The average molecular weight is 246 g/mol. The summed E-state index contributed by atoms with van der Waals surface area (Å²) in [6.07, 6.45) is 2.14. The molecule has 0 unspecified atom stereocenters. The van der Waals surface area contributed by atoms with E-state index in [2.05, 4.69) is 0 Å². The summed E-state index contributed by atoms with van der Waals surface area (Å²) in [6.45, 7) is 2.02. The number of thiophene rings is 1. The Morgan fingerprint density at radius 1 is 1.40 bits per heavy atom. The fourth-order valence-electron chi connectivity index (χ4n) is 1.12. The third kappa shape index (κ3) is 4.13. The van der Waals surface area contributed by atoms with Crippen molar-refractivity contribution in [1.82, 2.24) is 0 Å². The summed E-state index contributed by atoms with van der Waals surface area (Å²) in [5.74, 6) is -0.143. The second-order valence-corrected chi connectivity index (χ2v) is 6.85. The molecule has 3 nitrogen and oxygen atoms in total. The number of hydrogen-bond donors (Lipinski definition) is 0. The van der Waals surface area contributed by atoms with Crippen LogP contribution in [0.1, 0.15) is 27.9 Å². The highest BCUT2D eigenvalue weighted by Crippen LogP contribution is 2.18. The lowest BCUT2D eigenvalue weighted by molar-refractivity contribution is 0.0992. The molecule has 1 heterocycles. The van der Waals surface area contributed by atoms with Crippen LogP contribution in [-0.2, 0) is 16.3 Å². The molecule has 84 valence electrons. The van der Waals surface area contributed by atoms with Crippen LogP contribution in [0.5, 0.6) is 0 Å². The Morgan fingerprint density at radius 2 is 2.07 bits per heavy atom. The molecule has 0 fully saturated rings. The SMILES string of the molecule is CCc1ccc(C(=O)CCS(C)(=O)=O)s1. The van der Waals surface area contributed by atoms with Gasteiger partial charge in [0.25, 0.3) is 0 Å². The number of Topliss-reactive ketones (excluding diaryl/α,β-unsaturated/α-hetero) is 1. The molecule has 0 saturated heterocycles. The minimum absolute atomic E-state index is 0.0643. The number of aryl methyl sites for hydroxylation is 1. The van der Waals surface area contributed by atoms with Crippen molar-refractivity contribution in [2.24, 2.45) is 0 Å². The Bertz CT molecular complexity index is 443. The van der Waals surface area contributed by atoms with Crippen molar-refractivity contribution in [3.63, 3.8) is 0 Å². The molecule has 1 aromatic heterocycles. The van der Waals surface area contributed by atoms with Crippen molar-refractivity contribution in [2.45, 2.75) is 19.8 Å². The van der Waals surface area contributed by atoms with Crippen molar-refractivity contribution in [1.29, 1.82) is 0 Å². The standard InChI is InChI=1S/C10H14O3S2/c1-3-8-4-5-10(14-8)9(11)6-7-15(2,12)13/h4-5H,3,6-7H2,1-2H3. The third-order valence-corrected chi connectivity index (χ3v) is 4.20. The van der Waals surface area contributed by atoms with Gasteiger partial charge in [-0.05, 0) is 18.6 Å². The number of hydrogen-bond acceptors (Lipinski definition) is 4. The van der Waals surface area contributed by atoms with E-state index in [1.54, 1.807) is 6.07 Å². The smallest absolute Gasteiger partial charge is 0.173 e. The van der Waals surface area contributed by atoms with Crippen LogP contribution in [0.15, 0.2) is 12.1 Å². The maximum atomic E-state index is 11.6. The highest BCUT2D eigenvalue weighted by Gasteiger charge is 2.11. The van der Waals surface area contributed by atoms with Crippen LogP contribution >= 0.6 is 11.3 Å². The number of ketones is 1. The summed E-state index contributed by atoms with van der Waals surface area (Å²) < 4.78 is 21.8. The fourth-order valence-corrected chi connectivity index (χ4v) is 2.59. The van der Waals surface area contributed by atoms with Gasteiger partial charge >= 0.3 is 0 Å². The zero-order valence-electron chi connectivity index (χ0n) is 8.82. The summed E-state index contributed by atoms with van der Waals surface area (Å²) in [7, 11) is -3.04. The largest absolute Gasteiger partial charge is 0.293 e. The molecule has 1 rings (SSSR count). The molecule has 0 amide bonds. The van der Waals surface area contributed by atoms with Crippen molar-refractivity contribution in [2.75, 3.05) is 12.0 Å². The van der Waals surface area contributed by atoms with Crippen LogP contribution < -0.4 is 0 Å². The minimum atomic E-state index is -3.04. The lowest BCUT2D eigenvalue weighted by atomic mass is 10.2. The van der Waals surface area contributed by atoms with E-state index in [1.165, 1.54) is 11.3 Å². The zero-order valence-corrected chi connectivity index (χ0v) is 10.5. The van der Waals surface area contributed by atoms with Gasteiger partial charge in [-0.1, -0.05) is 6.92 Å². The lowest BCUT2D eigenvalue weighted by Crippen LogP contribution is -2.08. The lowest BCUT2D eigenvalue weighted by Gasteiger charge is -1.96. The maximum absolute atomic E-state index is 11.6. The van der Waals surface area contributed by atoms with Crippen LogP contribution in [0.3, 0.4) is 0 Å². The van der Waals surface area contributed by atoms with E-state index in [1.807, 2.05) is 13.0 Å². The molecule has 0 aliphatic heterocycles. The molecular formula is C10H14O3S2. The molecule has 5 heteroatoms. The van der Waals surface area contributed by atoms with E-state index in [9.17, 15) is 13.2 Å². The van der Waals surface area contributed by atoms with Gasteiger partial charge in [0, 0.05) is 17.6 Å². The molecule has 15 heavy (non-hydrogen) atoms. The number of rotatable bonds is 5. The van der Waals surface area contributed by atoms with Crippen molar-refractivity contribution in [3.8, 4) is 0 Å². The molecule has 0 N–H and O–H groups in total. The number of sulfone groups is 1. The van der Waals surface area contributed by atoms with Gasteiger partial charge in [-0.3, -0.25) is 4.79 Å². The van der Waals surface area contributed by atoms with Gasteiger partial charge in [0.2, 0.25) is 0 Å². The predicted molar refractivity (Wildman–Crippen MR) is 62.4 cm³/mol. The van der Waals surface area contributed by atoms with Gasteiger partial charge < -0.3 is 0 Å². The molecule has 0 aliphatic carbocycles. The number of carbonyl (C=O) groups is 1. The second-order valence-electron chi connectivity index (χ2n) is 3.42. The molecule has 0 saturated carbocycles. The quantitative estimate of drug-likeness (QED) is 0.746. The summed E-state index contributed by atoms with van der Waals surface area (Å²) in [5, 5.41) is 0. The van der Waals surface area contributed by atoms with Crippen molar-refractivity contribution < 1.29 is 13.2 Å². The monoisotopic (exact) mass is 246 g/mol. The molecular weight excluding hydrogens is 232 g/mol. The second kappa shape index (κ2) is 4.90. The molecule has 0 bridgehead atoms. The van der Waals surface area contributed by atoms with E-state index >= 15 is 0 Å². The predicted octanol–water partition coefficient (Wildman–Crippen LogP) is 1.93. The first-order valence-corrected chi connectivity index (χ1v) is 7.59. The summed E-state index contributed by atoms with van der Waals surface area (Å²) in [5.41, 5.74) is 0. The van der Waals surface area contributed by atoms with Crippen LogP contribution in [0.2, 0.25) is 0 Å². The van der Waals surface area contributed by atoms with Gasteiger partial charge in [-0.2, -0.15) is 0 Å². The van der Waals surface area contributed by atoms with Crippen LogP contribution in [0.25, 0.3) is 0 Å². The van der Waals surface area contributed by atoms with Gasteiger partial charge in [0.1, 0.15) is 9.84 Å². The first kappa shape index (κ1) is 12.4. The van der Waals surface area contributed by atoms with E-state index < -0.39 is 9.84 Å². The van der Waals surface area contributed by atoms with Gasteiger partial charge in [-0.15, -0.1) is 11.3 Å². The van der Waals surface area contributed by atoms with Gasteiger partial charge in [0.05, 0.1) is 10.6 Å². The highest BCUT2D eigenvalue weighted by molar-refractivity contribution is 7.90. The zero-order chi connectivity index (χ0) is 11.5. The van der Waals surface area contributed by atoms with Gasteiger partial charge in [-0.25, -0.2) is 8.42 Å². The first-order chi connectivity index (χ1) is 6.92. The van der Waals surface area contributed by atoms with E-state index in [0.717, 1.165) is 17.6 Å². The van der Waals surface area contributed by atoms with E-state index in [4.69, 9.17) is 0 Å². The molecule has 1 aromatic rings. The third-order valence-electron chi connectivity index (χ3n) is 1.98. The molecule has 0 radical (unpaired) electrons.